The normalized spacial score (nSPS) is 16.3. The Morgan fingerprint density at radius 3 is 2.96 bits per heavy atom. The van der Waals surface area contributed by atoms with Crippen molar-refractivity contribution < 1.29 is 4.79 Å². The first-order chi connectivity index (χ1) is 13.1. The molecule has 1 N–H and O–H groups in total. The van der Waals surface area contributed by atoms with Crippen molar-refractivity contribution in [1.82, 2.24) is 15.2 Å². The number of nitrogens with zero attached hydrogens (tertiary/aromatic N) is 3. The highest BCUT2D eigenvalue weighted by molar-refractivity contribution is 8.00. The first-order valence-electron chi connectivity index (χ1n) is 9.29. The Balaban J connectivity index is 1.54. The number of carbonyl (C=O) groups is 1. The lowest BCUT2D eigenvalue weighted by atomic mass is 9.84. The molecular formula is C20H22N4OS2. The lowest BCUT2D eigenvalue weighted by Gasteiger charge is -2.25. The van der Waals surface area contributed by atoms with E-state index >= 15 is 0 Å². The van der Waals surface area contributed by atoms with Crippen molar-refractivity contribution in [3.8, 4) is 0 Å². The molecule has 7 heteroatoms. The van der Waals surface area contributed by atoms with E-state index in [9.17, 15) is 4.79 Å². The fourth-order valence-electron chi connectivity index (χ4n) is 3.49. The van der Waals surface area contributed by atoms with Gasteiger partial charge >= 0.3 is 0 Å². The molecule has 5 nitrogen and oxygen atoms in total. The Hall–Kier alpha value is -1.99. The van der Waals surface area contributed by atoms with Crippen LogP contribution in [-0.2, 0) is 24.1 Å². The van der Waals surface area contributed by atoms with Crippen LogP contribution in [0.2, 0.25) is 0 Å². The van der Waals surface area contributed by atoms with Crippen molar-refractivity contribution in [3.05, 3.63) is 40.4 Å². The molecular weight excluding hydrogens is 376 g/mol. The van der Waals surface area contributed by atoms with E-state index in [0.717, 1.165) is 34.8 Å². The van der Waals surface area contributed by atoms with Crippen LogP contribution in [0.3, 0.4) is 0 Å². The molecule has 3 aromatic rings. The van der Waals surface area contributed by atoms with Crippen molar-refractivity contribution in [1.29, 1.82) is 0 Å². The van der Waals surface area contributed by atoms with Crippen molar-refractivity contribution in [2.75, 3.05) is 11.1 Å². The Kier molecular flexibility index (Phi) is 5.41. The summed E-state index contributed by atoms with van der Waals surface area (Å²) < 4.78 is 0. The van der Waals surface area contributed by atoms with Crippen LogP contribution in [0, 0.1) is 5.92 Å². The number of anilines is 1. The maximum absolute atomic E-state index is 12.4. The number of pyridine rings is 1. The largest absolute Gasteiger partial charge is 0.300 e. The van der Waals surface area contributed by atoms with E-state index in [0.29, 0.717) is 16.8 Å². The standard InChI is InChI=1S/C20H22N4OS2/c1-3-18-23-24-20(27-18)22-17(25)11-26-19-15-10-12(2)8-9-13(15)14-6-4-5-7-16(14)21-19/h4-7,12H,3,8-11H2,1-2H3,(H,22,24,25)/t12-/m1/s1. The summed E-state index contributed by atoms with van der Waals surface area (Å²) in [5, 5.41) is 14.7. The van der Waals surface area contributed by atoms with Crippen LogP contribution in [0.1, 0.15) is 36.4 Å². The van der Waals surface area contributed by atoms with Gasteiger partial charge < -0.3 is 0 Å². The summed E-state index contributed by atoms with van der Waals surface area (Å²) in [6.07, 6.45) is 4.16. The SMILES string of the molecule is CCc1nnc(NC(=O)CSc2nc3ccccc3c3c2C[C@H](C)CC3)s1. The first-order valence-corrected chi connectivity index (χ1v) is 11.1. The number of carbonyl (C=O) groups excluding carboxylic acids is 1. The molecule has 1 aliphatic rings. The smallest absolute Gasteiger partial charge is 0.236 e. The van der Waals surface area contributed by atoms with Crippen molar-refractivity contribution >= 4 is 45.0 Å². The zero-order chi connectivity index (χ0) is 18.8. The number of rotatable bonds is 5. The molecule has 1 amide bonds. The van der Waals surface area contributed by atoms with Crippen molar-refractivity contribution in [2.45, 2.75) is 44.6 Å². The van der Waals surface area contributed by atoms with Gasteiger partial charge in [-0.25, -0.2) is 4.98 Å². The van der Waals surface area contributed by atoms with Crippen LogP contribution in [-0.4, -0.2) is 26.8 Å². The Labute approximate surface area is 167 Å². The molecule has 0 saturated heterocycles. The van der Waals surface area contributed by atoms with Crippen LogP contribution < -0.4 is 5.32 Å². The molecule has 0 fully saturated rings. The van der Waals surface area contributed by atoms with Gasteiger partial charge in [-0.3, -0.25) is 10.1 Å². The van der Waals surface area contributed by atoms with Gasteiger partial charge in [0.2, 0.25) is 11.0 Å². The highest BCUT2D eigenvalue weighted by Gasteiger charge is 2.22. The molecule has 0 unspecified atom stereocenters. The summed E-state index contributed by atoms with van der Waals surface area (Å²) in [6, 6.07) is 8.33. The van der Waals surface area contributed by atoms with E-state index in [1.807, 2.05) is 13.0 Å². The lowest BCUT2D eigenvalue weighted by molar-refractivity contribution is -0.113. The van der Waals surface area contributed by atoms with Crippen LogP contribution in [0.5, 0.6) is 0 Å². The fraction of sp³-hybridized carbons (Fsp3) is 0.400. The second-order valence-corrected chi connectivity index (χ2v) is 8.96. The number of hydrogen-bond donors (Lipinski definition) is 1. The average molecular weight is 399 g/mol. The minimum atomic E-state index is -0.0635. The van der Waals surface area contributed by atoms with Gasteiger partial charge in [-0.2, -0.15) is 0 Å². The first kappa shape index (κ1) is 18.4. The molecule has 0 aliphatic heterocycles. The van der Waals surface area contributed by atoms with E-state index in [1.54, 1.807) is 0 Å². The maximum Gasteiger partial charge on any atom is 0.236 e. The van der Waals surface area contributed by atoms with Crippen LogP contribution in [0.25, 0.3) is 10.9 Å². The monoisotopic (exact) mass is 398 g/mol. The molecule has 1 aromatic carbocycles. The number of fused-ring (bicyclic) bond motifs is 3. The summed E-state index contributed by atoms with van der Waals surface area (Å²) in [7, 11) is 0. The van der Waals surface area contributed by atoms with Gasteiger partial charge in [0.25, 0.3) is 0 Å². The van der Waals surface area contributed by atoms with Gasteiger partial charge in [-0.1, -0.05) is 55.1 Å². The van der Waals surface area contributed by atoms with Crippen molar-refractivity contribution in [3.63, 3.8) is 0 Å². The quantitative estimate of drug-likeness (QED) is 0.641. The van der Waals surface area contributed by atoms with Gasteiger partial charge in [0.1, 0.15) is 10.0 Å². The summed E-state index contributed by atoms with van der Waals surface area (Å²) in [6.45, 7) is 4.32. The predicted molar refractivity (Wildman–Crippen MR) is 112 cm³/mol. The number of nitrogens with one attached hydrogen (secondary N) is 1. The van der Waals surface area contributed by atoms with E-state index in [4.69, 9.17) is 4.98 Å². The molecule has 2 heterocycles. The lowest BCUT2D eigenvalue weighted by Crippen LogP contribution is -2.16. The second kappa shape index (κ2) is 7.94. The number of hydrogen-bond acceptors (Lipinski definition) is 6. The Bertz CT molecular complexity index is 985. The zero-order valence-corrected chi connectivity index (χ0v) is 17.1. The highest BCUT2D eigenvalue weighted by Crippen LogP contribution is 2.36. The molecule has 140 valence electrons. The topological polar surface area (TPSA) is 67.8 Å². The van der Waals surface area contributed by atoms with Gasteiger partial charge in [0, 0.05) is 5.39 Å². The van der Waals surface area contributed by atoms with E-state index in [-0.39, 0.29) is 5.91 Å². The van der Waals surface area contributed by atoms with E-state index < -0.39 is 0 Å². The second-order valence-electron chi connectivity index (χ2n) is 6.93. The van der Waals surface area contributed by atoms with Crippen LogP contribution >= 0.6 is 23.1 Å². The third kappa shape index (κ3) is 3.99. The molecule has 0 spiro atoms. The van der Waals surface area contributed by atoms with Crippen LogP contribution in [0.4, 0.5) is 5.13 Å². The number of thioether (sulfide) groups is 1. The number of para-hydroxylation sites is 1. The minimum Gasteiger partial charge on any atom is -0.300 e. The Morgan fingerprint density at radius 2 is 2.15 bits per heavy atom. The van der Waals surface area contributed by atoms with Gasteiger partial charge in [0.05, 0.1) is 11.3 Å². The van der Waals surface area contributed by atoms with Gasteiger partial charge in [-0.05, 0) is 48.8 Å². The zero-order valence-electron chi connectivity index (χ0n) is 15.5. The average Bonchev–Trinajstić information content (AvgIpc) is 3.13. The van der Waals surface area contributed by atoms with E-state index in [1.165, 1.54) is 46.0 Å². The molecule has 1 atom stereocenters. The van der Waals surface area contributed by atoms with Gasteiger partial charge in [-0.15, -0.1) is 10.2 Å². The highest BCUT2D eigenvalue weighted by atomic mass is 32.2. The third-order valence-corrected chi connectivity index (χ3v) is 6.87. The third-order valence-electron chi connectivity index (χ3n) is 4.87. The minimum absolute atomic E-state index is 0.0635. The maximum atomic E-state index is 12.4. The number of amides is 1. The van der Waals surface area contributed by atoms with Gasteiger partial charge in [0.15, 0.2) is 0 Å². The number of aryl methyl sites for hydroxylation is 2. The molecule has 27 heavy (non-hydrogen) atoms. The summed E-state index contributed by atoms with van der Waals surface area (Å²) in [5.41, 5.74) is 3.76. The number of benzene rings is 1. The van der Waals surface area contributed by atoms with E-state index in [2.05, 4.69) is 40.6 Å². The predicted octanol–water partition coefficient (Wildman–Crippen LogP) is 4.50. The molecule has 4 rings (SSSR count). The van der Waals surface area contributed by atoms with Crippen molar-refractivity contribution in [2.24, 2.45) is 5.92 Å². The summed E-state index contributed by atoms with van der Waals surface area (Å²) in [4.78, 5) is 17.2. The number of aromatic nitrogens is 3. The fourth-order valence-corrected chi connectivity index (χ4v) is 5.07. The molecule has 2 aromatic heterocycles. The van der Waals surface area contributed by atoms with Crippen LogP contribution in [0.15, 0.2) is 29.3 Å². The molecule has 0 bridgehead atoms. The summed E-state index contributed by atoms with van der Waals surface area (Å²) >= 11 is 2.95. The Morgan fingerprint density at radius 1 is 1.30 bits per heavy atom. The molecule has 0 radical (unpaired) electrons. The molecule has 0 saturated carbocycles. The summed E-state index contributed by atoms with van der Waals surface area (Å²) in [5.74, 6) is 0.918. The molecule has 1 aliphatic carbocycles.